The molecule has 0 spiro atoms. The van der Waals surface area contributed by atoms with E-state index in [9.17, 15) is 4.79 Å². The number of aliphatic hydroxyl groups excluding tert-OH is 1. The molecule has 0 aromatic carbocycles. The molecule has 0 rings (SSSR count). The number of rotatable bonds is 4. The molecule has 2 heteroatoms. The fourth-order valence-corrected chi connectivity index (χ4v) is 0.465. The van der Waals surface area contributed by atoms with Crippen LogP contribution in [-0.2, 0) is 4.79 Å². The van der Waals surface area contributed by atoms with Crippen LogP contribution in [0.25, 0.3) is 0 Å². The van der Waals surface area contributed by atoms with Crippen LogP contribution >= 0.6 is 0 Å². The number of aliphatic hydroxyl groups is 1. The quantitative estimate of drug-likeness (QED) is 0.640. The van der Waals surface area contributed by atoms with Crippen molar-refractivity contribution in [2.24, 2.45) is 0 Å². The molecule has 0 saturated heterocycles. The van der Waals surface area contributed by atoms with Gasteiger partial charge in [0.2, 0.25) is 0 Å². The van der Waals surface area contributed by atoms with E-state index >= 15 is 0 Å². The van der Waals surface area contributed by atoms with E-state index in [1.165, 1.54) is 6.42 Å². The van der Waals surface area contributed by atoms with E-state index in [0.717, 1.165) is 12.7 Å². The summed E-state index contributed by atoms with van der Waals surface area (Å²) in [4.78, 5) is 9.71. The first-order valence-corrected chi connectivity index (χ1v) is 4.34. The Kier molecular flexibility index (Phi) is 14.8. The van der Waals surface area contributed by atoms with Gasteiger partial charge < -0.3 is 9.90 Å². The molecule has 0 bridgehead atoms. The lowest BCUT2D eigenvalue weighted by atomic mass is 10.2. The maximum Gasteiger partial charge on any atom is 0.120 e. The van der Waals surface area contributed by atoms with Crippen LogP contribution < -0.4 is 0 Å². The molecule has 0 saturated carbocycles. The van der Waals surface area contributed by atoms with Crippen molar-refractivity contribution in [2.75, 3.05) is 0 Å². The lowest BCUT2D eigenvalue weighted by molar-refractivity contribution is -0.108. The van der Waals surface area contributed by atoms with Gasteiger partial charge in [-0.1, -0.05) is 27.2 Å². The SMILES string of the molecule is CCC.CCC(O)CCC=O. The van der Waals surface area contributed by atoms with Crippen LogP contribution in [0.15, 0.2) is 0 Å². The fraction of sp³-hybridized carbons (Fsp3) is 0.889. The van der Waals surface area contributed by atoms with Crippen molar-refractivity contribution in [3.63, 3.8) is 0 Å². The monoisotopic (exact) mass is 160 g/mol. The Morgan fingerprint density at radius 2 is 1.82 bits per heavy atom. The summed E-state index contributed by atoms with van der Waals surface area (Å²) >= 11 is 0. The smallest absolute Gasteiger partial charge is 0.120 e. The zero-order valence-electron chi connectivity index (χ0n) is 7.84. The van der Waals surface area contributed by atoms with Gasteiger partial charge in [0.1, 0.15) is 6.29 Å². The summed E-state index contributed by atoms with van der Waals surface area (Å²) in [5.41, 5.74) is 0. The molecule has 1 atom stereocenters. The molecule has 0 aliphatic carbocycles. The maximum absolute atomic E-state index is 9.71. The highest BCUT2D eigenvalue weighted by atomic mass is 16.3. The predicted molar refractivity (Wildman–Crippen MR) is 47.6 cm³/mol. The molecular formula is C9H20O2. The lowest BCUT2D eigenvalue weighted by Crippen LogP contribution is -2.03. The Balaban J connectivity index is 0. The molecule has 1 unspecified atom stereocenters. The van der Waals surface area contributed by atoms with Crippen molar-refractivity contribution in [3.8, 4) is 0 Å². The second-order valence-corrected chi connectivity index (χ2v) is 2.51. The molecule has 0 amide bonds. The van der Waals surface area contributed by atoms with E-state index < -0.39 is 0 Å². The van der Waals surface area contributed by atoms with Crippen molar-refractivity contribution in [1.29, 1.82) is 0 Å². The molecule has 0 aromatic rings. The zero-order valence-corrected chi connectivity index (χ0v) is 7.84. The molecule has 68 valence electrons. The van der Waals surface area contributed by atoms with E-state index in [-0.39, 0.29) is 6.10 Å². The van der Waals surface area contributed by atoms with Gasteiger partial charge >= 0.3 is 0 Å². The summed E-state index contributed by atoms with van der Waals surface area (Å²) in [5.74, 6) is 0. The van der Waals surface area contributed by atoms with Gasteiger partial charge in [-0.2, -0.15) is 0 Å². The highest BCUT2D eigenvalue weighted by Gasteiger charge is 1.96. The summed E-state index contributed by atoms with van der Waals surface area (Å²) in [6.07, 6.45) is 3.64. The Bertz CT molecular complexity index is 72.0. The van der Waals surface area contributed by atoms with Crippen LogP contribution in [0.3, 0.4) is 0 Å². The highest BCUT2D eigenvalue weighted by Crippen LogP contribution is 1.97. The molecule has 0 heterocycles. The van der Waals surface area contributed by atoms with Crippen molar-refractivity contribution in [2.45, 2.75) is 52.6 Å². The first-order valence-electron chi connectivity index (χ1n) is 4.34. The Labute approximate surface area is 69.6 Å². The summed E-state index contributed by atoms with van der Waals surface area (Å²) in [7, 11) is 0. The molecule has 0 fully saturated rings. The number of carbonyl (C=O) groups excluding carboxylic acids is 1. The minimum Gasteiger partial charge on any atom is -0.393 e. The van der Waals surface area contributed by atoms with Gasteiger partial charge in [-0.3, -0.25) is 0 Å². The second-order valence-electron chi connectivity index (χ2n) is 2.51. The molecule has 0 aliphatic heterocycles. The minimum atomic E-state index is -0.278. The first-order chi connectivity index (χ1) is 5.22. The first kappa shape index (κ1) is 13.2. The van der Waals surface area contributed by atoms with Crippen molar-refractivity contribution >= 4 is 6.29 Å². The van der Waals surface area contributed by atoms with Crippen LogP contribution in [0, 0.1) is 0 Å². The normalized spacial score (nSPS) is 11.3. The van der Waals surface area contributed by atoms with E-state index in [4.69, 9.17) is 5.11 Å². The third-order valence-electron chi connectivity index (χ3n) is 1.09. The third-order valence-corrected chi connectivity index (χ3v) is 1.09. The molecule has 0 aromatic heterocycles. The van der Waals surface area contributed by atoms with Crippen LogP contribution in [0.4, 0.5) is 0 Å². The van der Waals surface area contributed by atoms with Crippen molar-refractivity contribution in [1.82, 2.24) is 0 Å². The Morgan fingerprint density at radius 1 is 1.36 bits per heavy atom. The van der Waals surface area contributed by atoms with Crippen molar-refractivity contribution in [3.05, 3.63) is 0 Å². The number of aldehydes is 1. The zero-order chi connectivity index (χ0) is 9.11. The standard InChI is InChI=1S/C6H12O2.C3H8/c1-2-6(8)4-3-5-7;1-3-2/h5-6,8H,2-4H2,1H3;3H2,1-2H3. The maximum atomic E-state index is 9.71. The average Bonchev–Trinajstić information content (AvgIpc) is 2.02. The molecule has 2 nitrogen and oxygen atoms in total. The van der Waals surface area contributed by atoms with Gasteiger partial charge in [0.15, 0.2) is 0 Å². The predicted octanol–water partition coefficient (Wildman–Crippen LogP) is 2.15. The van der Waals surface area contributed by atoms with Gasteiger partial charge in [0.25, 0.3) is 0 Å². The van der Waals surface area contributed by atoms with Gasteiger partial charge in [-0.25, -0.2) is 0 Å². The number of carbonyl (C=O) groups is 1. The van der Waals surface area contributed by atoms with Crippen LogP contribution in [0.1, 0.15) is 46.5 Å². The molecule has 0 radical (unpaired) electrons. The summed E-state index contributed by atoms with van der Waals surface area (Å²) in [6, 6.07) is 0. The summed E-state index contributed by atoms with van der Waals surface area (Å²) in [5, 5.41) is 8.83. The van der Waals surface area contributed by atoms with Crippen LogP contribution in [-0.4, -0.2) is 17.5 Å². The van der Waals surface area contributed by atoms with Gasteiger partial charge in [0.05, 0.1) is 6.10 Å². The van der Waals surface area contributed by atoms with E-state index in [1.807, 2.05) is 6.92 Å². The van der Waals surface area contributed by atoms with Crippen LogP contribution in [0.2, 0.25) is 0 Å². The Hall–Kier alpha value is -0.370. The van der Waals surface area contributed by atoms with Gasteiger partial charge in [-0.15, -0.1) is 0 Å². The highest BCUT2D eigenvalue weighted by molar-refractivity contribution is 5.49. The topological polar surface area (TPSA) is 37.3 Å². The average molecular weight is 160 g/mol. The summed E-state index contributed by atoms with van der Waals surface area (Å²) in [6.45, 7) is 6.15. The number of hydrogen-bond donors (Lipinski definition) is 1. The molecule has 0 aliphatic rings. The summed E-state index contributed by atoms with van der Waals surface area (Å²) < 4.78 is 0. The minimum absolute atomic E-state index is 0.278. The number of hydrogen-bond acceptors (Lipinski definition) is 2. The van der Waals surface area contributed by atoms with E-state index in [1.54, 1.807) is 0 Å². The molecule has 1 N–H and O–H groups in total. The lowest BCUT2D eigenvalue weighted by Gasteiger charge is -2.01. The Morgan fingerprint density at radius 3 is 2.09 bits per heavy atom. The van der Waals surface area contributed by atoms with Crippen molar-refractivity contribution < 1.29 is 9.90 Å². The fourth-order valence-electron chi connectivity index (χ4n) is 0.465. The second kappa shape index (κ2) is 12.3. The van der Waals surface area contributed by atoms with E-state index in [0.29, 0.717) is 12.8 Å². The molecule has 11 heavy (non-hydrogen) atoms. The largest absolute Gasteiger partial charge is 0.393 e. The van der Waals surface area contributed by atoms with Crippen LogP contribution in [0.5, 0.6) is 0 Å². The van der Waals surface area contributed by atoms with Gasteiger partial charge in [-0.05, 0) is 12.8 Å². The molecular weight excluding hydrogens is 140 g/mol. The third kappa shape index (κ3) is 17.7. The van der Waals surface area contributed by atoms with Gasteiger partial charge in [0, 0.05) is 6.42 Å². The van der Waals surface area contributed by atoms with E-state index in [2.05, 4.69) is 13.8 Å².